The molecule has 136 valence electrons. The SMILES string of the molecule is COCC1CCCN1C(=O)OC(C)(C)C.OCC1CCCCC1. The molecule has 0 radical (unpaired) electrons. The van der Waals surface area contributed by atoms with E-state index in [1.54, 1.807) is 12.0 Å². The average molecular weight is 329 g/mol. The minimum absolute atomic E-state index is 0.185. The highest BCUT2D eigenvalue weighted by atomic mass is 16.6. The van der Waals surface area contributed by atoms with E-state index in [0.717, 1.165) is 19.4 Å². The van der Waals surface area contributed by atoms with E-state index >= 15 is 0 Å². The zero-order valence-electron chi connectivity index (χ0n) is 15.3. The summed E-state index contributed by atoms with van der Waals surface area (Å²) >= 11 is 0. The number of hydrogen-bond acceptors (Lipinski definition) is 4. The smallest absolute Gasteiger partial charge is 0.410 e. The molecule has 1 unspecified atom stereocenters. The van der Waals surface area contributed by atoms with Gasteiger partial charge in [-0.15, -0.1) is 0 Å². The Labute approximate surface area is 141 Å². The largest absolute Gasteiger partial charge is 0.444 e. The minimum Gasteiger partial charge on any atom is -0.444 e. The van der Waals surface area contributed by atoms with Gasteiger partial charge in [0.25, 0.3) is 0 Å². The second-order valence-corrected chi connectivity index (χ2v) is 7.61. The molecule has 1 amide bonds. The van der Waals surface area contributed by atoms with Gasteiger partial charge in [0.05, 0.1) is 12.6 Å². The highest BCUT2D eigenvalue weighted by Crippen LogP contribution is 2.22. The number of carbonyl (C=O) groups is 1. The number of aliphatic hydroxyl groups excluding tert-OH is 1. The molecule has 2 fully saturated rings. The number of aliphatic hydroxyl groups is 1. The van der Waals surface area contributed by atoms with Crippen LogP contribution in [-0.4, -0.2) is 54.6 Å². The fourth-order valence-electron chi connectivity index (χ4n) is 3.13. The Morgan fingerprint density at radius 3 is 2.26 bits per heavy atom. The summed E-state index contributed by atoms with van der Waals surface area (Å²) in [4.78, 5) is 13.6. The van der Waals surface area contributed by atoms with Gasteiger partial charge in [-0.1, -0.05) is 19.3 Å². The number of likely N-dealkylation sites (tertiary alicyclic amines) is 1. The van der Waals surface area contributed by atoms with Crippen LogP contribution in [0.3, 0.4) is 0 Å². The molecule has 5 nitrogen and oxygen atoms in total. The van der Waals surface area contributed by atoms with Crippen LogP contribution in [0.2, 0.25) is 0 Å². The molecule has 1 aliphatic carbocycles. The number of hydrogen-bond donors (Lipinski definition) is 1. The van der Waals surface area contributed by atoms with Crippen molar-refractivity contribution < 1.29 is 19.4 Å². The molecule has 1 N–H and O–H groups in total. The molecule has 0 aromatic carbocycles. The van der Waals surface area contributed by atoms with Crippen molar-refractivity contribution in [2.75, 3.05) is 26.9 Å². The van der Waals surface area contributed by atoms with Crippen LogP contribution >= 0.6 is 0 Å². The van der Waals surface area contributed by atoms with E-state index < -0.39 is 5.60 Å². The lowest BCUT2D eigenvalue weighted by molar-refractivity contribution is 0.0148. The number of ether oxygens (including phenoxy) is 2. The van der Waals surface area contributed by atoms with Crippen molar-refractivity contribution in [1.29, 1.82) is 0 Å². The Hall–Kier alpha value is -0.810. The molecule has 1 heterocycles. The third-order valence-corrected chi connectivity index (χ3v) is 4.35. The standard InChI is InChI=1S/C11H21NO3.C7H14O/c1-11(2,3)15-10(13)12-7-5-6-9(12)8-14-4;8-6-7-4-2-1-3-5-7/h9H,5-8H2,1-4H3;7-8H,1-6H2. The summed E-state index contributed by atoms with van der Waals surface area (Å²) in [5.74, 6) is 0.642. The van der Waals surface area contributed by atoms with Gasteiger partial charge in [-0.2, -0.15) is 0 Å². The van der Waals surface area contributed by atoms with Gasteiger partial charge >= 0.3 is 6.09 Å². The van der Waals surface area contributed by atoms with Crippen molar-refractivity contribution in [3.05, 3.63) is 0 Å². The molecule has 1 atom stereocenters. The minimum atomic E-state index is -0.419. The average Bonchev–Trinajstić information content (AvgIpc) is 2.96. The van der Waals surface area contributed by atoms with Gasteiger partial charge < -0.3 is 19.5 Å². The first-order valence-corrected chi connectivity index (χ1v) is 8.96. The zero-order valence-corrected chi connectivity index (χ0v) is 15.3. The van der Waals surface area contributed by atoms with Crippen LogP contribution in [0.25, 0.3) is 0 Å². The second-order valence-electron chi connectivity index (χ2n) is 7.61. The van der Waals surface area contributed by atoms with E-state index in [4.69, 9.17) is 14.6 Å². The number of nitrogens with zero attached hydrogens (tertiary/aromatic N) is 1. The van der Waals surface area contributed by atoms with Crippen LogP contribution in [0.1, 0.15) is 65.7 Å². The van der Waals surface area contributed by atoms with Crippen molar-refractivity contribution in [2.24, 2.45) is 5.92 Å². The van der Waals surface area contributed by atoms with E-state index in [-0.39, 0.29) is 12.1 Å². The second kappa shape index (κ2) is 10.1. The fourth-order valence-corrected chi connectivity index (χ4v) is 3.13. The van der Waals surface area contributed by atoms with Crippen molar-refractivity contribution in [3.8, 4) is 0 Å². The molecular weight excluding hydrogens is 294 g/mol. The van der Waals surface area contributed by atoms with Gasteiger partial charge in [0.15, 0.2) is 0 Å². The number of methoxy groups -OCH3 is 1. The van der Waals surface area contributed by atoms with Crippen molar-refractivity contribution in [2.45, 2.75) is 77.4 Å². The van der Waals surface area contributed by atoms with E-state index in [0.29, 0.717) is 19.1 Å². The molecule has 23 heavy (non-hydrogen) atoms. The third kappa shape index (κ3) is 8.02. The van der Waals surface area contributed by atoms with E-state index in [1.807, 2.05) is 20.8 Å². The van der Waals surface area contributed by atoms with Crippen LogP contribution in [0.5, 0.6) is 0 Å². The molecule has 1 saturated carbocycles. The first-order valence-electron chi connectivity index (χ1n) is 8.96. The van der Waals surface area contributed by atoms with Crippen LogP contribution in [0.4, 0.5) is 4.79 Å². The highest BCUT2D eigenvalue weighted by molar-refractivity contribution is 5.68. The Morgan fingerprint density at radius 1 is 1.13 bits per heavy atom. The number of carbonyl (C=O) groups excluding carboxylic acids is 1. The first-order chi connectivity index (χ1) is 10.9. The Balaban J connectivity index is 0.000000277. The van der Waals surface area contributed by atoms with Crippen LogP contribution in [0, 0.1) is 5.92 Å². The molecule has 0 bridgehead atoms. The van der Waals surface area contributed by atoms with Crippen molar-refractivity contribution in [1.82, 2.24) is 4.90 Å². The monoisotopic (exact) mass is 329 g/mol. The van der Waals surface area contributed by atoms with Gasteiger partial charge in [0, 0.05) is 20.3 Å². The predicted octanol–water partition coefficient (Wildman–Crippen LogP) is 3.59. The maximum Gasteiger partial charge on any atom is 0.410 e. The van der Waals surface area contributed by atoms with Gasteiger partial charge in [-0.05, 0) is 52.4 Å². The number of amides is 1. The lowest BCUT2D eigenvalue weighted by Crippen LogP contribution is -2.41. The summed E-state index contributed by atoms with van der Waals surface area (Å²) in [5, 5.41) is 8.69. The zero-order chi connectivity index (χ0) is 17.3. The summed E-state index contributed by atoms with van der Waals surface area (Å²) in [5.41, 5.74) is -0.419. The molecule has 0 spiro atoms. The van der Waals surface area contributed by atoms with Gasteiger partial charge in [0.2, 0.25) is 0 Å². The van der Waals surface area contributed by atoms with E-state index in [9.17, 15) is 4.79 Å². The van der Waals surface area contributed by atoms with Crippen LogP contribution in [-0.2, 0) is 9.47 Å². The Morgan fingerprint density at radius 2 is 1.78 bits per heavy atom. The lowest BCUT2D eigenvalue weighted by atomic mass is 9.90. The lowest BCUT2D eigenvalue weighted by Gasteiger charge is -2.28. The van der Waals surface area contributed by atoms with E-state index in [1.165, 1.54) is 32.1 Å². The third-order valence-electron chi connectivity index (χ3n) is 4.35. The fraction of sp³-hybridized carbons (Fsp3) is 0.944. The Bertz CT molecular complexity index is 334. The topological polar surface area (TPSA) is 59.0 Å². The quantitative estimate of drug-likeness (QED) is 0.859. The van der Waals surface area contributed by atoms with Crippen LogP contribution < -0.4 is 0 Å². The molecule has 0 aromatic rings. The summed E-state index contributed by atoms with van der Waals surface area (Å²) < 4.78 is 10.4. The highest BCUT2D eigenvalue weighted by Gasteiger charge is 2.31. The molecule has 2 rings (SSSR count). The summed E-state index contributed by atoms with van der Waals surface area (Å²) in [6, 6.07) is 0.185. The normalized spacial score (nSPS) is 22.5. The van der Waals surface area contributed by atoms with Crippen molar-refractivity contribution in [3.63, 3.8) is 0 Å². The number of rotatable bonds is 3. The van der Waals surface area contributed by atoms with Crippen LogP contribution in [0.15, 0.2) is 0 Å². The van der Waals surface area contributed by atoms with Gasteiger partial charge in [-0.3, -0.25) is 0 Å². The molecule has 2 aliphatic rings. The molecular formula is C18H35NO4. The molecule has 5 heteroatoms. The Kier molecular flexibility index (Phi) is 8.92. The molecule has 0 aromatic heterocycles. The maximum atomic E-state index is 11.8. The summed E-state index contributed by atoms with van der Waals surface area (Å²) in [7, 11) is 1.66. The van der Waals surface area contributed by atoms with E-state index in [2.05, 4.69) is 0 Å². The molecule has 1 saturated heterocycles. The van der Waals surface area contributed by atoms with Gasteiger partial charge in [0.1, 0.15) is 5.60 Å². The maximum absolute atomic E-state index is 11.8. The van der Waals surface area contributed by atoms with Gasteiger partial charge in [-0.25, -0.2) is 4.79 Å². The predicted molar refractivity (Wildman–Crippen MR) is 91.5 cm³/mol. The first kappa shape index (κ1) is 20.2. The molecule has 1 aliphatic heterocycles. The van der Waals surface area contributed by atoms with Crippen molar-refractivity contribution >= 4 is 6.09 Å². The summed E-state index contributed by atoms with van der Waals surface area (Å²) in [6.07, 6.45) is 8.40. The summed E-state index contributed by atoms with van der Waals surface area (Å²) in [6.45, 7) is 7.44.